The standard InChI is InChI=1S/C38H26/c1-2-10-28(11-3-1)29-21-18-26(19-22-29)24-27-20-23-33-32-14-6-9-17-36(32)38(37(33)25-27)34-15-7-4-12-30(34)31-13-5-8-16-35(31)38/h1-23,25H,24H2. The summed E-state index contributed by atoms with van der Waals surface area (Å²) in [4.78, 5) is 0. The lowest BCUT2D eigenvalue weighted by Crippen LogP contribution is -2.26. The minimum absolute atomic E-state index is 0.272. The smallest absolute Gasteiger partial charge is 0.0622 e. The highest BCUT2D eigenvalue weighted by molar-refractivity contribution is 5.95. The van der Waals surface area contributed by atoms with Crippen LogP contribution in [0.3, 0.4) is 0 Å². The first-order valence-corrected chi connectivity index (χ1v) is 13.4. The molecular weight excluding hydrogens is 456 g/mol. The SMILES string of the molecule is c1ccc(-c2ccc(Cc3ccc4c(c3)C3(c5ccccc5-c5ccccc53)c3ccccc3-4)cc2)cc1. The van der Waals surface area contributed by atoms with E-state index in [1.54, 1.807) is 0 Å². The Hall–Kier alpha value is -4.68. The van der Waals surface area contributed by atoms with Crippen molar-refractivity contribution in [3.05, 3.63) is 179 Å². The molecule has 8 rings (SSSR count). The maximum atomic E-state index is 2.49. The zero-order valence-electron chi connectivity index (χ0n) is 21.1. The number of hydrogen-bond donors (Lipinski definition) is 0. The first-order chi connectivity index (χ1) is 18.8. The summed E-state index contributed by atoms with van der Waals surface area (Å²) in [6, 6.07) is 53.9. The second kappa shape index (κ2) is 8.16. The number of hydrogen-bond acceptors (Lipinski definition) is 0. The van der Waals surface area contributed by atoms with Gasteiger partial charge in [-0.25, -0.2) is 0 Å². The van der Waals surface area contributed by atoms with Crippen LogP contribution in [-0.4, -0.2) is 0 Å². The summed E-state index contributed by atoms with van der Waals surface area (Å²) in [5.41, 5.74) is 16.0. The lowest BCUT2D eigenvalue weighted by Gasteiger charge is -2.30. The van der Waals surface area contributed by atoms with Gasteiger partial charge in [0.05, 0.1) is 5.41 Å². The summed E-state index contributed by atoms with van der Waals surface area (Å²) in [6.07, 6.45) is 0.915. The largest absolute Gasteiger partial charge is 0.0725 e. The van der Waals surface area contributed by atoms with Crippen LogP contribution in [0.1, 0.15) is 33.4 Å². The van der Waals surface area contributed by atoms with E-state index in [0.29, 0.717) is 0 Å². The van der Waals surface area contributed by atoms with Gasteiger partial charge in [-0.1, -0.05) is 146 Å². The molecule has 0 atom stereocenters. The van der Waals surface area contributed by atoms with Crippen molar-refractivity contribution < 1.29 is 0 Å². The monoisotopic (exact) mass is 482 g/mol. The predicted molar refractivity (Wildman–Crippen MR) is 157 cm³/mol. The molecule has 0 aliphatic heterocycles. The van der Waals surface area contributed by atoms with Crippen molar-refractivity contribution in [3.63, 3.8) is 0 Å². The molecule has 1 spiro atoms. The Morgan fingerprint density at radius 3 is 1.37 bits per heavy atom. The molecule has 178 valence electrons. The van der Waals surface area contributed by atoms with Crippen molar-refractivity contribution in [2.45, 2.75) is 11.8 Å². The molecule has 0 unspecified atom stereocenters. The molecule has 2 aliphatic carbocycles. The molecule has 38 heavy (non-hydrogen) atoms. The molecule has 0 heterocycles. The minimum atomic E-state index is -0.272. The molecule has 6 aromatic rings. The Morgan fingerprint density at radius 2 is 0.789 bits per heavy atom. The summed E-state index contributed by atoms with van der Waals surface area (Å²) in [6.45, 7) is 0. The van der Waals surface area contributed by atoms with Crippen LogP contribution in [0.25, 0.3) is 33.4 Å². The Morgan fingerprint density at radius 1 is 0.342 bits per heavy atom. The highest BCUT2D eigenvalue weighted by Gasteiger charge is 2.51. The van der Waals surface area contributed by atoms with Crippen molar-refractivity contribution in [1.82, 2.24) is 0 Å². The molecule has 0 nitrogen and oxygen atoms in total. The third-order valence-electron chi connectivity index (χ3n) is 8.53. The van der Waals surface area contributed by atoms with Gasteiger partial charge in [0.15, 0.2) is 0 Å². The maximum absolute atomic E-state index is 2.49. The van der Waals surface area contributed by atoms with Gasteiger partial charge >= 0.3 is 0 Å². The summed E-state index contributed by atoms with van der Waals surface area (Å²) in [5, 5.41) is 0. The van der Waals surface area contributed by atoms with Crippen LogP contribution in [0.2, 0.25) is 0 Å². The van der Waals surface area contributed by atoms with Crippen molar-refractivity contribution in [2.24, 2.45) is 0 Å². The van der Waals surface area contributed by atoms with Crippen molar-refractivity contribution in [1.29, 1.82) is 0 Å². The van der Waals surface area contributed by atoms with Crippen LogP contribution in [0, 0.1) is 0 Å². The van der Waals surface area contributed by atoms with E-state index < -0.39 is 0 Å². The zero-order valence-corrected chi connectivity index (χ0v) is 21.1. The summed E-state index contributed by atoms with van der Waals surface area (Å²) >= 11 is 0. The molecule has 0 bridgehead atoms. The number of fused-ring (bicyclic) bond motifs is 10. The highest BCUT2D eigenvalue weighted by atomic mass is 14.5. The molecule has 0 amide bonds. The molecule has 6 aromatic carbocycles. The van der Waals surface area contributed by atoms with Crippen LogP contribution in [0.15, 0.2) is 146 Å². The Labute approximate surface area is 223 Å². The summed E-state index contributed by atoms with van der Waals surface area (Å²) in [5.74, 6) is 0. The van der Waals surface area contributed by atoms with Gasteiger partial charge in [0.2, 0.25) is 0 Å². The first kappa shape index (κ1) is 21.4. The average Bonchev–Trinajstić information content (AvgIpc) is 3.45. The summed E-state index contributed by atoms with van der Waals surface area (Å²) in [7, 11) is 0. The highest BCUT2D eigenvalue weighted by Crippen LogP contribution is 2.62. The van der Waals surface area contributed by atoms with Gasteiger partial charge < -0.3 is 0 Å². The van der Waals surface area contributed by atoms with Crippen molar-refractivity contribution >= 4 is 0 Å². The molecule has 0 fully saturated rings. The van der Waals surface area contributed by atoms with Gasteiger partial charge in [0.1, 0.15) is 0 Å². The second-order valence-electron chi connectivity index (χ2n) is 10.5. The lowest BCUT2D eigenvalue weighted by atomic mass is 9.70. The molecule has 2 aliphatic rings. The van der Waals surface area contributed by atoms with Gasteiger partial charge in [-0.05, 0) is 73.2 Å². The first-order valence-electron chi connectivity index (χ1n) is 13.4. The van der Waals surface area contributed by atoms with Crippen molar-refractivity contribution in [2.75, 3.05) is 0 Å². The van der Waals surface area contributed by atoms with Crippen LogP contribution in [0.4, 0.5) is 0 Å². The van der Waals surface area contributed by atoms with Crippen LogP contribution in [-0.2, 0) is 11.8 Å². The average molecular weight is 483 g/mol. The summed E-state index contributed by atoms with van der Waals surface area (Å²) < 4.78 is 0. The van der Waals surface area contributed by atoms with E-state index in [1.165, 1.54) is 66.8 Å². The van der Waals surface area contributed by atoms with Gasteiger partial charge in [-0.3, -0.25) is 0 Å². The van der Waals surface area contributed by atoms with E-state index in [-0.39, 0.29) is 5.41 Å². The molecule has 0 saturated carbocycles. The Kier molecular flexibility index (Phi) is 4.60. The van der Waals surface area contributed by atoms with E-state index in [4.69, 9.17) is 0 Å². The molecule has 0 radical (unpaired) electrons. The van der Waals surface area contributed by atoms with E-state index >= 15 is 0 Å². The van der Waals surface area contributed by atoms with Crippen LogP contribution >= 0.6 is 0 Å². The Balaban J connectivity index is 1.28. The molecule has 0 N–H and O–H groups in total. The van der Waals surface area contributed by atoms with Gasteiger partial charge in [-0.15, -0.1) is 0 Å². The van der Waals surface area contributed by atoms with E-state index in [1.807, 2.05) is 0 Å². The number of rotatable bonds is 3. The van der Waals surface area contributed by atoms with Gasteiger partial charge in [0.25, 0.3) is 0 Å². The van der Waals surface area contributed by atoms with Crippen LogP contribution < -0.4 is 0 Å². The lowest BCUT2D eigenvalue weighted by molar-refractivity contribution is 0.792. The zero-order chi connectivity index (χ0) is 25.1. The fourth-order valence-corrected chi connectivity index (χ4v) is 6.93. The quantitative estimate of drug-likeness (QED) is 0.235. The Bertz CT molecular complexity index is 1760. The van der Waals surface area contributed by atoms with E-state index in [9.17, 15) is 0 Å². The van der Waals surface area contributed by atoms with Gasteiger partial charge in [0, 0.05) is 0 Å². The fourth-order valence-electron chi connectivity index (χ4n) is 6.93. The predicted octanol–water partition coefficient (Wildman–Crippen LogP) is 9.29. The normalized spacial score (nSPS) is 13.6. The maximum Gasteiger partial charge on any atom is 0.0725 e. The fraction of sp³-hybridized carbons (Fsp3) is 0.0526. The van der Waals surface area contributed by atoms with Crippen molar-refractivity contribution in [3.8, 4) is 33.4 Å². The van der Waals surface area contributed by atoms with E-state index in [2.05, 4.69) is 146 Å². The third-order valence-corrected chi connectivity index (χ3v) is 8.53. The molecule has 0 heteroatoms. The molecule has 0 aromatic heterocycles. The second-order valence-corrected chi connectivity index (χ2v) is 10.5. The third kappa shape index (κ3) is 2.92. The molecule has 0 saturated heterocycles. The van der Waals surface area contributed by atoms with E-state index in [0.717, 1.165) is 6.42 Å². The molecular formula is C38H26. The van der Waals surface area contributed by atoms with Gasteiger partial charge in [-0.2, -0.15) is 0 Å². The topological polar surface area (TPSA) is 0 Å². The number of benzene rings is 6. The van der Waals surface area contributed by atoms with Crippen LogP contribution in [0.5, 0.6) is 0 Å². The minimum Gasteiger partial charge on any atom is -0.0622 e.